The van der Waals surface area contributed by atoms with Crippen LogP contribution in [0.3, 0.4) is 0 Å². The molecule has 2 aromatic heterocycles. The fourth-order valence-electron chi connectivity index (χ4n) is 4.49. The number of hydrogen-bond acceptors (Lipinski definition) is 2. The smallest absolute Gasteiger partial charge is 0.317 e. The van der Waals surface area contributed by atoms with E-state index in [1.54, 1.807) is 0 Å². The van der Waals surface area contributed by atoms with E-state index in [0.29, 0.717) is 13.1 Å². The normalized spacial score (nSPS) is 16.0. The maximum Gasteiger partial charge on any atom is 0.317 e. The Labute approximate surface area is 172 Å². The van der Waals surface area contributed by atoms with Crippen LogP contribution in [-0.4, -0.2) is 38.4 Å². The number of nitrogens with one attached hydrogen (secondary N) is 1. The number of hydrogen-bond donors (Lipinski definition) is 1. The van der Waals surface area contributed by atoms with Gasteiger partial charge < -0.3 is 14.8 Å². The monoisotopic (exact) mass is 393 g/mol. The van der Waals surface area contributed by atoms with Crippen LogP contribution in [0.4, 0.5) is 4.79 Å². The first kappa shape index (κ1) is 19.6. The van der Waals surface area contributed by atoms with Crippen molar-refractivity contribution in [2.75, 3.05) is 13.1 Å². The van der Waals surface area contributed by atoms with Crippen molar-refractivity contribution in [3.05, 3.63) is 53.0 Å². The van der Waals surface area contributed by atoms with Crippen LogP contribution in [0.25, 0.3) is 10.9 Å². The molecule has 6 nitrogen and oxygen atoms in total. The van der Waals surface area contributed by atoms with Crippen molar-refractivity contribution < 1.29 is 4.79 Å². The van der Waals surface area contributed by atoms with Crippen LogP contribution < -0.4 is 5.32 Å². The maximum atomic E-state index is 12.9. The van der Waals surface area contributed by atoms with Gasteiger partial charge in [0.1, 0.15) is 0 Å². The number of rotatable bonds is 3. The molecular formula is C23H31N5O. The van der Waals surface area contributed by atoms with Crippen molar-refractivity contribution >= 4 is 16.9 Å². The van der Waals surface area contributed by atoms with Gasteiger partial charge in [0.15, 0.2) is 0 Å². The van der Waals surface area contributed by atoms with E-state index < -0.39 is 0 Å². The van der Waals surface area contributed by atoms with Gasteiger partial charge in [-0.2, -0.15) is 5.10 Å². The van der Waals surface area contributed by atoms with Crippen molar-refractivity contribution in [3.63, 3.8) is 0 Å². The van der Waals surface area contributed by atoms with Crippen molar-refractivity contribution in [1.29, 1.82) is 0 Å². The van der Waals surface area contributed by atoms with Crippen molar-refractivity contribution in [2.45, 2.75) is 40.2 Å². The lowest BCUT2D eigenvalue weighted by atomic mass is 9.87. The van der Waals surface area contributed by atoms with Gasteiger partial charge >= 0.3 is 6.03 Å². The van der Waals surface area contributed by atoms with Crippen molar-refractivity contribution in [1.82, 2.24) is 24.6 Å². The fraction of sp³-hybridized carbons (Fsp3) is 0.478. The van der Waals surface area contributed by atoms with Crippen LogP contribution in [0.1, 0.15) is 36.2 Å². The number of carbonyl (C=O) groups is 1. The van der Waals surface area contributed by atoms with Crippen LogP contribution >= 0.6 is 0 Å². The summed E-state index contributed by atoms with van der Waals surface area (Å²) in [5, 5.41) is 8.80. The fourth-order valence-corrected chi connectivity index (χ4v) is 4.49. The first-order valence-electron chi connectivity index (χ1n) is 10.3. The van der Waals surface area contributed by atoms with E-state index in [2.05, 4.69) is 67.2 Å². The van der Waals surface area contributed by atoms with E-state index in [-0.39, 0.29) is 11.4 Å². The highest BCUT2D eigenvalue weighted by Gasteiger charge is 2.31. The highest BCUT2D eigenvalue weighted by atomic mass is 16.2. The second-order valence-electron chi connectivity index (χ2n) is 9.20. The molecule has 1 aliphatic heterocycles. The summed E-state index contributed by atoms with van der Waals surface area (Å²) in [4.78, 5) is 14.9. The molecule has 6 heteroatoms. The third-order valence-corrected chi connectivity index (χ3v) is 5.96. The molecule has 154 valence electrons. The second kappa shape index (κ2) is 7.25. The molecule has 0 atom stereocenters. The quantitative estimate of drug-likeness (QED) is 0.740. The maximum absolute atomic E-state index is 12.9. The molecule has 0 saturated heterocycles. The Balaban J connectivity index is 1.43. The van der Waals surface area contributed by atoms with Crippen LogP contribution in [-0.2, 0) is 33.5 Å². The standard InChI is InChI=1S/C23H31N5O/c1-16-6-7-19-17(13-26(4)20(19)10-16)8-9-24-22(29)28-14-18-12-25-27(5)21(18)11-23(2,3)15-28/h6-7,10,12-13H,8-9,11,14-15H2,1-5H3,(H,24,29). The molecule has 1 N–H and O–H groups in total. The van der Waals surface area contributed by atoms with Gasteiger partial charge in [0.25, 0.3) is 0 Å². The summed E-state index contributed by atoms with van der Waals surface area (Å²) >= 11 is 0. The molecule has 1 aliphatic rings. The molecule has 0 bridgehead atoms. The molecular weight excluding hydrogens is 362 g/mol. The second-order valence-corrected chi connectivity index (χ2v) is 9.20. The third-order valence-electron chi connectivity index (χ3n) is 5.96. The van der Waals surface area contributed by atoms with Gasteiger partial charge in [-0.1, -0.05) is 26.0 Å². The van der Waals surface area contributed by atoms with Gasteiger partial charge in [0.05, 0.1) is 12.7 Å². The van der Waals surface area contributed by atoms with E-state index in [4.69, 9.17) is 0 Å². The van der Waals surface area contributed by atoms with Crippen LogP contribution in [0.5, 0.6) is 0 Å². The minimum absolute atomic E-state index is 0.00543. The average molecular weight is 394 g/mol. The zero-order valence-corrected chi connectivity index (χ0v) is 18.1. The molecule has 0 radical (unpaired) electrons. The Hall–Kier alpha value is -2.76. The molecule has 0 unspecified atom stereocenters. The first-order chi connectivity index (χ1) is 13.7. The highest BCUT2D eigenvalue weighted by molar-refractivity contribution is 5.84. The molecule has 3 aromatic rings. The SMILES string of the molecule is Cc1ccc2c(CCNC(=O)N3Cc4cnn(C)c4CC(C)(C)C3)cn(C)c2c1. The highest BCUT2D eigenvalue weighted by Crippen LogP contribution is 2.30. The lowest BCUT2D eigenvalue weighted by Gasteiger charge is -2.29. The summed E-state index contributed by atoms with van der Waals surface area (Å²) in [6.07, 6.45) is 5.82. The molecule has 0 fully saturated rings. The molecule has 2 amide bonds. The Kier molecular flexibility index (Phi) is 4.89. The van der Waals surface area contributed by atoms with Crippen LogP contribution in [0.2, 0.25) is 0 Å². The van der Waals surface area contributed by atoms with Gasteiger partial charge in [0, 0.05) is 55.5 Å². The lowest BCUT2D eigenvalue weighted by Crippen LogP contribution is -2.44. The predicted molar refractivity (Wildman–Crippen MR) is 116 cm³/mol. The van der Waals surface area contributed by atoms with Crippen molar-refractivity contribution in [3.8, 4) is 0 Å². The first-order valence-corrected chi connectivity index (χ1v) is 10.3. The minimum Gasteiger partial charge on any atom is -0.350 e. The summed E-state index contributed by atoms with van der Waals surface area (Å²) in [5.74, 6) is 0. The number of urea groups is 1. The van der Waals surface area contributed by atoms with Gasteiger partial charge in [-0.15, -0.1) is 0 Å². The van der Waals surface area contributed by atoms with E-state index in [0.717, 1.165) is 24.9 Å². The zero-order chi connectivity index (χ0) is 20.8. The number of carbonyl (C=O) groups excluding carboxylic acids is 1. The number of nitrogens with zero attached hydrogens (tertiary/aromatic N) is 4. The summed E-state index contributed by atoms with van der Waals surface area (Å²) in [5.41, 5.74) is 6.17. The molecule has 1 aromatic carbocycles. The number of aryl methyl sites for hydroxylation is 3. The van der Waals surface area contributed by atoms with E-state index in [9.17, 15) is 4.79 Å². The van der Waals surface area contributed by atoms with Gasteiger partial charge in [-0.3, -0.25) is 4.68 Å². The Morgan fingerprint density at radius 2 is 2.07 bits per heavy atom. The minimum atomic E-state index is 0.00543. The number of benzene rings is 1. The van der Waals surface area contributed by atoms with Crippen LogP contribution in [0.15, 0.2) is 30.6 Å². The topological polar surface area (TPSA) is 55.1 Å². The average Bonchev–Trinajstić information content (AvgIpc) is 3.09. The molecule has 0 spiro atoms. The largest absolute Gasteiger partial charge is 0.350 e. The zero-order valence-electron chi connectivity index (χ0n) is 18.1. The molecule has 3 heterocycles. The van der Waals surface area contributed by atoms with Gasteiger partial charge in [0.2, 0.25) is 0 Å². The summed E-state index contributed by atoms with van der Waals surface area (Å²) in [6, 6.07) is 6.55. The Morgan fingerprint density at radius 1 is 1.28 bits per heavy atom. The Bertz CT molecular complexity index is 1060. The lowest BCUT2D eigenvalue weighted by molar-refractivity contribution is 0.168. The molecule has 29 heavy (non-hydrogen) atoms. The Morgan fingerprint density at radius 3 is 2.86 bits per heavy atom. The van der Waals surface area contributed by atoms with Crippen molar-refractivity contribution in [2.24, 2.45) is 19.5 Å². The van der Waals surface area contributed by atoms with E-state index in [1.165, 1.54) is 27.7 Å². The van der Waals surface area contributed by atoms with Crippen LogP contribution in [0, 0.1) is 12.3 Å². The van der Waals surface area contributed by atoms with E-state index in [1.807, 2.05) is 22.8 Å². The van der Waals surface area contributed by atoms with E-state index >= 15 is 0 Å². The summed E-state index contributed by atoms with van der Waals surface area (Å²) in [6.45, 7) is 8.53. The molecule has 0 saturated carbocycles. The van der Waals surface area contributed by atoms with Gasteiger partial charge in [-0.25, -0.2) is 4.79 Å². The summed E-state index contributed by atoms with van der Waals surface area (Å²) < 4.78 is 4.11. The number of amides is 2. The van der Waals surface area contributed by atoms with Gasteiger partial charge in [-0.05, 0) is 42.4 Å². The number of aromatic nitrogens is 3. The third kappa shape index (κ3) is 3.88. The molecule has 4 rings (SSSR count). The molecule has 0 aliphatic carbocycles. The summed E-state index contributed by atoms with van der Waals surface area (Å²) in [7, 11) is 4.06. The number of fused-ring (bicyclic) bond motifs is 2. The predicted octanol–water partition coefficient (Wildman–Crippen LogP) is 3.56.